The van der Waals surface area contributed by atoms with E-state index >= 15 is 0 Å². The van der Waals surface area contributed by atoms with Gasteiger partial charge in [0.15, 0.2) is 11.5 Å². The highest BCUT2D eigenvalue weighted by molar-refractivity contribution is 5.76. The normalized spacial score (nSPS) is 12.3. The van der Waals surface area contributed by atoms with Gasteiger partial charge in [0.05, 0.1) is 12.2 Å². The number of amides is 1. The molecule has 7 heteroatoms. The summed E-state index contributed by atoms with van der Waals surface area (Å²) in [6.07, 6.45) is 1.14. The molecule has 1 aromatic carbocycles. The fourth-order valence-electron chi connectivity index (χ4n) is 2.83. The van der Waals surface area contributed by atoms with Crippen LogP contribution in [0.15, 0.2) is 18.2 Å². The first-order valence-electron chi connectivity index (χ1n) is 8.33. The molecule has 0 aliphatic carbocycles. The van der Waals surface area contributed by atoms with Crippen LogP contribution in [0.25, 0.3) is 0 Å². The summed E-state index contributed by atoms with van der Waals surface area (Å²) in [6.45, 7) is 5.09. The molecule has 3 rings (SSSR count). The molecular formula is C18H23N3O4. The van der Waals surface area contributed by atoms with E-state index in [1.165, 1.54) is 0 Å². The van der Waals surface area contributed by atoms with E-state index in [0.717, 1.165) is 22.7 Å². The minimum Gasteiger partial charge on any atom is -0.492 e. The standard InChI is InChI=1S/C18H23N3O4/c1-12-15(13(2)21(3)20-12)5-7-18(22)19-8-9-23-14-4-6-16-17(10-14)25-11-24-16/h4,6,10H,5,7-9,11H2,1-3H3,(H,19,22). The van der Waals surface area contributed by atoms with E-state index in [1.807, 2.05) is 37.7 Å². The Morgan fingerprint density at radius 2 is 2.12 bits per heavy atom. The first kappa shape index (κ1) is 17.1. The van der Waals surface area contributed by atoms with Crippen LogP contribution >= 0.6 is 0 Å². The zero-order valence-electron chi connectivity index (χ0n) is 14.8. The Hall–Kier alpha value is -2.70. The van der Waals surface area contributed by atoms with Crippen molar-refractivity contribution in [1.29, 1.82) is 0 Å². The smallest absolute Gasteiger partial charge is 0.231 e. The van der Waals surface area contributed by atoms with Crippen molar-refractivity contribution in [2.45, 2.75) is 26.7 Å². The van der Waals surface area contributed by atoms with Crippen molar-refractivity contribution in [3.63, 3.8) is 0 Å². The van der Waals surface area contributed by atoms with Crippen molar-refractivity contribution in [2.75, 3.05) is 19.9 Å². The first-order chi connectivity index (χ1) is 12.0. The van der Waals surface area contributed by atoms with Gasteiger partial charge in [0, 0.05) is 25.2 Å². The fourth-order valence-corrected chi connectivity index (χ4v) is 2.83. The Kier molecular flexibility index (Phi) is 5.11. The molecule has 2 heterocycles. The van der Waals surface area contributed by atoms with Gasteiger partial charge in [-0.05, 0) is 38.0 Å². The van der Waals surface area contributed by atoms with Crippen molar-refractivity contribution in [3.05, 3.63) is 35.2 Å². The molecular weight excluding hydrogens is 322 g/mol. The summed E-state index contributed by atoms with van der Waals surface area (Å²) in [4.78, 5) is 12.0. The highest BCUT2D eigenvalue weighted by Gasteiger charge is 2.14. The molecule has 25 heavy (non-hydrogen) atoms. The van der Waals surface area contributed by atoms with Crippen molar-refractivity contribution in [1.82, 2.24) is 15.1 Å². The molecule has 2 aromatic rings. The topological polar surface area (TPSA) is 74.6 Å². The number of carbonyl (C=O) groups excluding carboxylic acids is 1. The predicted octanol–water partition coefficient (Wildman–Crippen LogP) is 1.89. The van der Waals surface area contributed by atoms with E-state index in [4.69, 9.17) is 14.2 Å². The highest BCUT2D eigenvalue weighted by Crippen LogP contribution is 2.34. The van der Waals surface area contributed by atoms with E-state index < -0.39 is 0 Å². The second kappa shape index (κ2) is 7.46. The number of aromatic nitrogens is 2. The van der Waals surface area contributed by atoms with Crippen LogP contribution in [-0.4, -0.2) is 35.6 Å². The second-order valence-electron chi connectivity index (χ2n) is 5.99. The molecule has 1 amide bonds. The maximum Gasteiger partial charge on any atom is 0.231 e. The third-order valence-electron chi connectivity index (χ3n) is 4.30. The van der Waals surface area contributed by atoms with Crippen LogP contribution in [0, 0.1) is 13.8 Å². The van der Waals surface area contributed by atoms with Crippen LogP contribution in [0.2, 0.25) is 0 Å². The molecule has 0 bridgehead atoms. The molecule has 0 radical (unpaired) electrons. The fraction of sp³-hybridized carbons (Fsp3) is 0.444. The first-order valence-corrected chi connectivity index (χ1v) is 8.33. The zero-order valence-corrected chi connectivity index (χ0v) is 14.8. The maximum absolute atomic E-state index is 12.0. The van der Waals surface area contributed by atoms with Gasteiger partial charge in [-0.3, -0.25) is 9.48 Å². The molecule has 7 nitrogen and oxygen atoms in total. The summed E-state index contributed by atoms with van der Waals surface area (Å²) >= 11 is 0. The average molecular weight is 345 g/mol. The molecule has 1 aliphatic heterocycles. The zero-order chi connectivity index (χ0) is 17.8. The lowest BCUT2D eigenvalue weighted by Crippen LogP contribution is -2.28. The molecule has 1 aliphatic rings. The summed E-state index contributed by atoms with van der Waals surface area (Å²) in [5.41, 5.74) is 3.24. The number of aryl methyl sites for hydroxylation is 2. The lowest BCUT2D eigenvalue weighted by atomic mass is 10.1. The number of nitrogens with zero attached hydrogens (tertiary/aromatic N) is 2. The van der Waals surface area contributed by atoms with E-state index in [2.05, 4.69) is 10.4 Å². The van der Waals surface area contributed by atoms with Crippen LogP contribution in [0.4, 0.5) is 0 Å². The number of rotatable bonds is 7. The number of fused-ring (bicyclic) bond motifs is 1. The largest absolute Gasteiger partial charge is 0.492 e. The van der Waals surface area contributed by atoms with Crippen LogP contribution < -0.4 is 19.5 Å². The third kappa shape index (κ3) is 4.04. The number of benzene rings is 1. The highest BCUT2D eigenvalue weighted by atomic mass is 16.7. The number of ether oxygens (including phenoxy) is 3. The van der Waals surface area contributed by atoms with Gasteiger partial charge in [-0.25, -0.2) is 0 Å². The quantitative estimate of drug-likeness (QED) is 0.776. The molecule has 0 atom stereocenters. The molecule has 0 saturated heterocycles. The number of nitrogens with one attached hydrogen (secondary N) is 1. The lowest BCUT2D eigenvalue weighted by molar-refractivity contribution is -0.121. The van der Waals surface area contributed by atoms with E-state index in [0.29, 0.717) is 37.5 Å². The number of hydrogen-bond donors (Lipinski definition) is 1. The molecule has 0 spiro atoms. The summed E-state index contributed by atoms with van der Waals surface area (Å²) in [5, 5.41) is 7.24. The number of carbonyl (C=O) groups is 1. The van der Waals surface area contributed by atoms with Gasteiger partial charge in [0.1, 0.15) is 12.4 Å². The summed E-state index contributed by atoms with van der Waals surface area (Å²) < 4.78 is 18.0. The molecule has 0 saturated carbocycles. The van der Waals surface area contributed by atoms with Gasteiger partial charge in [-0.15, -0.1) is 0 Å². The Balaban J connectivity index is 1.38. The van der Waals surface area contributed by atoms with E-state index in [-0.39, 0.29) is 12.7 Å². The van der Waals surface area contributed by atoms with Gasteiger partial charge in [0.25, 0.3) is 0 Å². The van der Waals surface area contributed by atoms with Crippen molar-refractivity contribution >= 4 is 5.91 Å². The Morgan fingerprint density at radius 1 is 1.32 bits per heavy atom. The van der Waals surface area contributed by atoms with Crippen molar-refractivity contribution < 1.29 is 19.0 Å². The van der Waals surface area contributed by atoms with E-state index in [9.17, 15) is 4.79 Å². The van der Waals surface area contributed by atoms with Gasteiger partial charge in [0.2, 0.25) is 12.7 Å². The third-order valence-corrected chi connectivity index (χ3v) is 4.30. The van der Waals surface area contributed by atoms with E-state index in [1.54, 1.807) is 6.07 Å². The molecule has 134 valence electrons. The average Bonchev–Trinajstić information content (AvgIpc) is 3.14. The van der Waals surface area contributed by atoms with Gasteiger partial charge >= 0.3 is 0 Å². The maximum atomic E-state index is 12.0. The summed E-state index contributed by atoms with van der Waals surface area (Å²) in [6, 6.07) is 5.43. The van der Waals surface area contributed by atoms with Crippen molar-refractivity contribution in [3.8, 4) is 17.2 Å². The lowest BCUT2D eigenvalue weighted by Gasteiger charge is -2.08. The Morgan fingerprint density at radius 3 is 2.88 bits per heavy atom. The SMILES string of the molecule is Cc1nn(C)c(C)c1CCC(=O)NCCOc1ccc2c(c1)OCO2. The van der Waals surface area contributed by atoms with Crippen molar-refractivity contribution in [2.24, 2.45) is 7.05 Å². The second-order valence-corrected chi connectivity index (χ2v) is 5.99. The van der Waals surface area contributed by atoms with Crippen LogP contribution in [0.3, 0.4) is 0 Å². The Bertz CT molecular complexity index is 770. The molecule has 1 N–H and O–H groups in total. The minimum absolute atomic E-state index is 0.0111. The predicted molar refractivity (Wildman–Crippen MR) is 92.1 cm³/mol. The van der Waals surface area contributed by atoms with Crippen LogP contribution in [0.5, 0.6) is 17.2 Å². The van der Waals surface area contributed by atoms with Crippen LogP contribution in [-0.2, 0) is 18.3 Å². The monoisotopic (exact) mass is 345 g/mol. The Labute approximate surface area is 146 Å². The number of hydrogen-bond acceptors (Lipinski definition) is 5. The summed E-state index contributed by atoms with van der Waals surface area (Å²) in [7, 11) is 1.92. The minimum atomic E-state index is 0.0111. The molecule has 0 unspecified atom stereocenters. The summed E-state index contributed by atoms with van der Waals surface area (Å²) in [5.74, 6) is 2.11. The van der Waals surface area contributed by atoms with Gasteiger partial charge < -0.3 is 19.5 Å². The molecule has 1 aromatic heterocycles. The molecule has 0 fully saturated rings. The van der Waals surface area contributed by atoms with Gasteiger partial charge in [-0.1, -0.05) is 0 Å². The van der Waals surface area contributed by atoms with Gasteiger partial charge in [-0.2, -0.15) is 5.10 Å². The van der Waals surface area contributed by atoms with Crippen LogP contribution in [0.1, 0.15) is 23.4 Å².